The summed E-state index contributed by atoms with van der Waals surface area (Å²) in [5.74, 6) is 2.15. The lowest BCUT2D eigenvalue weighted by Gasteiger charge is -2.11. The van der Waals surface area contributed by atoms with Crippen LogP contribution in [0.1, 0.15) is 30.4 Å². The number of nitrogens with one attached hydrogen (secondary N) is 1. The van der Waals surface area contributed by atoms with E-state index in [0.717, 1.165) is 16.7 Å². The van der Waals surface area contributed by atoms with Gasteiger partial charge in [0.15, 0.2) is 11.5 Å². The van der Waals surface area contributed by atoms with Crippen LogP contribution in [0.2, 0.25) is 0 Å². The standard InChI is InChI=1S/C22H25N3O4/c1-4-28-18-10-7-16(13-19(18)27-3)14-23-20(26)11-12-21-24-25-22(29-21)17-8-5-15(2)6-9-17/h5-10,13H,4,11-12,14H2,1-3H3,(H,23,26). The molecule has 1 heterocycles. The van der Waals surface area contributed by atoms with Gasteiger partial charge in [-0.1, -0.05) is 23.8 Å². The first-order valence-corrected chi connectivity index (χ1v) is 9.55. The first-order valence-electron chi connectivity index (χ1n) is 9.55. The summed E-state index contributed by atoms with van der Waals surface area (Å²) in [4.78, 5) is 12.2. The predicted octanol–water partition coefficient (Wildman–Crippen LogP) is 3.70. The topological polar surface area (TPSA) is 86.5 Å². The number of benzene rings is 2. The van der Waals surface area contributed by atoms with Crippen molar-refractivity contribution < 1.29 is 18.7 Å². The predicted molar refractivity (Wildman–Crippen MR) is 109 cm³/mol. The number of nitrogens with zero attached hydrogens (tertiary/aromatic N) is 2. The smallest absolute Gasteiger partial charge is 0.247 e. The van der Waals surface area contributed by atoms with Crippen molar-refractivity contribution >= 4 is 5.91 Å². The van der Waals surface area contributed by atoms with Crippen molar-refractivity contribution in [3.05, 3.63) is 59.5 Å². The lowest BCUT2D eigenvalue weighted by molar-refractivity contribution is -0.121. The highest BCUT2D eigenvalue weighted by atomic mass is 16.5. The largest absolute Gasteiger partial charge is 0.493 e. The van der Waals surface area contributed by atoms with Crippen LogP contribution in [0.4, 0.5) is 0 Å². The highest BCUT2D eigenvalue weighted by Gasteiger charge is 2.11. The number of ether oxygens (including phenoxy) is 2. The molecule has 0 unspecified atom stereocenters. The third-order valence-corrected chi connectivity index (χ3v) is 4.35. The monoisotopic (exact) mass is 395 g/mol. The van der Waals surface area contributed by atoms with Gasteiger partial charge in [-0.3, -0.25) is 4.79 Å². The highest BCUT2D eigenvalue weighted by molar-refractivity contribution is 5.76. The summed E-state index contributed by atoms with van der Waals surface area (Å²) in [6.45, 7) is 4.90. The number of methoxy groups -OCH3 is 1. The van der Waals surface area contributed by atoms with E-state index in [4.69, 9.17) is 13.9 Å². The molecular weight excluding hydrogens is 370 g/mol. The molecule has 1 N–H and O–H groups in total. The normalized spacial score (nSPS) is 10.6. The lowest BCUT2D eigenvalue weighted by atomic mass is 10.1. The van der Waals surface area contributed by atoms with Gasteiger partial charge in [0.25, 0.3) is 0 Å². The summed E-state index contributed by atoms with van der Waals surface area (Å²) in [6, 6.07) is 13.5. The molecule has 0 saturated carbocycles. The summed E-state index contributed by atoms with van der Waals surface area (Å²) in [7, 11) is 1.59. The van der Waals surface area contributed by atoms with Crippen molar-refractivity contribution in [2.45, 2.75) is 33.2 Å². The van der Waals surface area contributed by atoms with E-state index in [1.165, 1.54) is 0 Å². The molecule has 0 atom stereocenters. The Labute approximate surface area is 170 Å². The second kappa shape index (κ2) is 9.73. The zero-order valence-electron chi connectivity index (χ0n) is 16.9. The number of aromatic nitrogens is 2. The van der Waals surface area contributed by atoms with Crippen LogP contribution < -0.4 is 14.8 Å². The Morgan fingerprint density at radius 2 is 1.90 bits per heavy atom. The van der Waals surface area contributed by atoms with Crippen LogP contribution in [0.5, 0.6) is 11.5 Å². The molecule has 0 aliphatic heterocycles. The van der Waals surface area contributed by atoms with Crippen LogP contribution in [0.3, 0.4) is 0 Å². The first-order chi connectivity index (χ1) is 14.1. The molecule has 0 fully saturated rings. The Balaban J connectivity index is 1.50. The van der Waals surface area contributed by atoms with Crippen LogP contribution in [-0.4, -0.2) is 29.8 Å². The molecule has 1 amide bonds. The van der Waals surface area contributed by atoms with E-state index in [2.05, 4.69) is 15.5 Å². The van der Waals surface area contributed by atoms with Gasteiger partial charge >= 0.3 is 0 Å². The van der Waals surface area contributed by atoms with E-state index in [0.29, 0.717) is 42.9 Å². The van der Waals surface area contributed by atoms with Crippen LogP contribution in [0.25, 0.3) is 11.5 Å². The zero-order valence-corrected chi connectivity index (χ0v) is 16.9. The van der Waals surface area contributed by atoms with Crippen molar-refractivity contribution in [3.8, 4) is 23.0 Å². The Morgan fingerprint density at radius 1 is 1.10 bits per heavy atom. The highest BCUT2D eigenvalue weighted by Crippen LogP contribution is 2.28. The number of hydrogen-bond donors (Lipinski definition) is 1. The number of amides is 1. The number of rotatable bonds is 9. The molecule has 7 nitrogen and oxygen atoms in total. The van der Waals surface area contributed by atoms with Crippen LogP contribution in [0, 0.1) is 6.92 Å². The van der Waals surface area contributed by atoms with Gasteiger partial charge in [0.1, 0.15) is 0 Å². The van der Waals surface area contributed by atoms with E-state index in [9.17, 15) is 4.79 Å². The lowest BCUT2D eigenvalue weighted by Crippen LogP contribution is -2.23. The molecule has 2 aromatic carbocycles. The number of carbonyl (C=O) groups excluding carboxylic acids is 1. The average molecular weight is 395 g/mol. The third kappa shape index (κ3) is 5.57. The second-order valence-corrected chi connectivity index (χ2v) is 6.56. The molecule has 3 rings (SSSR count). The molecule has 0 spiro atoms. The van der Waals surface area contributed by atoms with Gasteiger partial charge < -0.3 is 19.2 Å². The second-order valence-electron chi connectivity index (χ2n) is 6.56. The molecule has 3 aromatic rings. The van der Waals surface area contributed by atoms with E-state index in [1.54, 1.807) is 7.11 Å². The Kier molecular flexibility index (Phi) is 6.84. The molecule has 0 bridgehead atoms. The Morgan fingerprint density at radius 3 is 2.62 bits per heavy atom. The molecule has 29 heavy (non-hydrogen) atoms. The molecule has 0 aliphatic carbocycles. The summed E-state index contributed by atoms with van der Waals surface area (Å²) in [5, 5.41) is 11.0. The number of carbonyl (C=O) groups is 1. The molecule has 0 aliphatic rings. The van der Waals surface area contributed by atoms with Crippen molar-refractivity contribution in [3.63, 3.8) is 0 Å². The first kappa shape index (κ1) is 20.4. The van der Waals surface area contributed by atoms with Gasteiger partial charge in [-0.15, -0.1) is 10.2 Å². The van der Waals surface area contributed by atoms with Crippen molar-refractivity contribution in [1.29, 1.82) is 0 Å². The third-order valence-electron chi connectivity index (χ3n) is 4.35. The minimum Gasteiger partial charge on any atom is -0.493 e. The van der Waals surface area contributed by atoms with E-state index >= 15 is 0 Å². The molecule has 1 aromatic heterocycles. The molecule has 0 radical (unpaired) electrons. The zero-order chi connectivity index (χ0) is 20.6. The number of aryl methyl sites for hydroxylation is 2. The van der Waals surface area contributed by atoms with Crippen molar-refractivity contribution in [2.24, 2.45) is 0 Å². The Bertz CT molecular complexity index is 951. The van der Waals surface area contributed by atoms with Crippen LogP contribution in [-0.2, 0) is 17.8 Å². The van der Waals surface area contributed by atoms with E-state index < -0.39 is 0 Å². The summed E-state index contributed by atoms with van der Waals surface area (Å²) in [6.07, 6.45) is 0.654. The van der Waals surface area contributed by atoms with Gasteiger partial charge in [-0.2, -0.15) is 0 Å². The quantitative estimate of drug-likeness (QED) is 0.594. The fourth-order valence-electron chi connectivity index (χ4n) is 2.77. The van der Waals surface area contributed by atoms with Gasteiger partial charge in [0.2, 0.25) is 17.7 Å². The fraction of sp³-hybridized carbons (Fsp3) is 0.318. The average Bonchev–Trinajstić information content (AvgIpc) is 3.21. The molecular formula is C22H25N3O4. The van der Waals surface area contributed by atoms with Crippen LogP contribution in [0.15, 0.2) is 46.9 Å². The minimum absolute atomic E-state index is 0.0899. The summed E-state index contributed by atoms with van der Waals surface area (Å²) < 4.78 is 16.5. The van der Waals surface area contributed by atoms with Crippen LogP contribution >= 0.6 is 0 Å². The van der Waals surface area contributed by atoms with Gasteiger partial charge in [-0.25, -0.2) is 0 Å². The van der Waals surface area contributed by atoms with E-state index in [-0.39, 0.29) is 12.3 Å². The molecule has 0 saturated heterocycles. The SMILES string of the molecule is CCOc1ccc(CNC(=O)CCc2nnc(-c3ccc(C)cc3)o2)cc1OC. The van der Waals surface area contributed by atoms with E-state index in [1.807, 2.05) is 56.3 Å². The van der Waals surface area contributed by atoms with Crippen molar-refractivity contribution in [1.82, 2.24) is 15.5 Å². The maximum atomic E-state index is 12.2. The van der Waals surface area contributed by atoms with Crippen molar-refractivity contribution in [2.75, 3.05) is 13.7 Å². The maximum Gasteiger partial charge on any atom is 0.247 e. The number of hydrogen-bond acceptors (Lipinski definition) is 6. The van der Waals surface area contributed by atoms with Gasteiger partial charge in [0.05, 0.1) is 13.7 Å². The Hall–Kier alpha value is -3.35. The maximum absolute atomic E-state index is 12.2. The fourth-order valence-corrected chi connectivity index (χ4v) is 2.77. The van der Waals surface area contributed by atoms with Gasteiger partial charge in [-0.05, 0) is 43.7 Å². The molecule has 152 valence electrons. The van der Waals surface area contributed by atoms with Gasteiger partial charge in [0, 0.05) is 24.9 Å². The summed E-state index contributed by atoms with van der Waals surface area (Å²) in [5.41, 5.74) is 2.96. The summed E-state index contributed by atoms with van der Waals surface area (Å²) >= 11 is 0. The molecule has 7 heteroatoms. The minimum atomic E-state index is -0.0899.